The number of nitriles is 1. The predicted octanol–water partition coefficient (Wildman–Crippen LogP) is 2.23. The number of anilines is 1. The third-order valence-electron chi connectivity index (χ3n) is 3.28. The van der Waals surface area contributed by atoms with E-state index in [2.05, 4.69) is 5.32 Å². The zero-order chi connectivity index (χ0) is 17.5. The number of esters is 1. The van der Waals surface area contributed by atoms with Gasteiger partial charge in [0.05, 0.1) is 23.8 Å². The Kier molecular flexibility index (Phi) is 5.66. The molecular weight excluding hydrogens is 308 g/mol. The minimum absolute atomic E-state index is 0.115. The van der Waals surface area contributed by atoms with Gasteiger partial charge in [-0.1, -0.05) is 18.2 Å². The van der Waals surface area contributed by atoms with Crippen LogP contribution in [0.2, 0.25) is 0 Å². The van der Waals surface area contributed by atoms with Crippen LogP contribution in [0, 0.1) is 11.3 Å². The molecule has 1 atom stereocenters. The van der Waals surface area contributed by atoms with Gasteiger partial charge in [0.1, 0.15) is 0 Å². The highest BCUT2D eigenvalue weighted by Crippen LogP contribution is 2.12. The quantitative estimate of drug-likeness (QED) is 0.822. The molecule has 2 N–H and O–H groups in total. The highest BCUT2D eigenvalue weighted by Gasteiger charge is 2.19. The maximum Gasteiger partial charge on any atom is 0.338 e. The van der Waals surface area contributed by atoms with Gasteiger partial charge in [-0.25, -0.2) is 4.79 Å². The van der Waals surface area contributed by atoms with E-state index in [9.17, 15) is 9.59 Å². The van der Waals surface area contributed by atoms with Crippen LogP contribution in [0.15, 0.2) is 48.5 Å². The fourth-order valence-corrected chi connectivity index (χ4v) is 1.94. The molecule has 0 bridgehead atoms. The van der Waals surface area contributed by atoms with Crippen molar-refractivity contribution in [2.75, 3.05) is 5.32 Å². The fourth-order valence-electron chi connectivity index (χ4n) is 1.94. The van der Waals surface area contributed by atoms with Gasteiger partial charge in [0.2, 0.25) is 0 Å². The molecule has 122 valence electrons. The Balaban J connectivity index is 1.97. The molecule has 24 heavy (non-hydrogen) atoms. The summed E-state index contributed by atoms with van der Waals surface area (Å²) in [6, 6.07) is 14.7. The van der Waals surface area contributed by atoms with Gasteiger partial charge in [-0.05, 0) is 42.8 Å². The van der Waals surface area contributed by atoms with E-state index < -0.39 is 18.0 Å². The van der Waals surface area contributed by atoms with Crippen LogP contribution in [0.4, 0.5) is 5.69 Å². The van der Waals surface area contributed by atoms with E-state index in [1.807, 2.05) is 6.07 Å². The summed E-state index contributed by atoms with van der Waals surface area (Å²) in [5.74, 6) is -1.13. The number of rotatable bonds is 5. The fraction of sp³-hybridized carbons (Fsp3) is 0.167. The molecule has 1 amide bonds. The van der Waals surface area contributed by atoms with E-state index in [-0.39, 0.29) is 6.61 Å². The van der Waals surface area contributed by atoms with Crippen molar-refractivity contribution in [3.63, 3.8) is 0 Å². The number of hydrogen-bond acceptors (Lipinski definition) is 5. The normalized spacial score (nSPS) is 11.2. The number of aliphatic hydroxyl groups is 1. The maximum atomic E-state index is 12.1. The van der Waals surface area contributed by atoms with Crippen molar-refractivity contribution >= 4 is 17.6 Å². The first kappa shape index (κ1) is 17.2. The molecule has 0 aliphatic rings. The number of nitrogens with zero attached hydrogens (tertiary/aromatic N) is 1. The molecule has 6 heteroatoms. The van der Waals surface area contributed by atoms with E-state index in [1.54, 1.807) is 30.3 Å². The number of aliphatic hydroxyl groups excluding tert-OH is 1. The average Bonchev–Trinajstić information content (AvgIpc) is 2.61. The Labute approximate surface area is 139 Å². The minimum Gasteiger partial charge on any atom is -0.449 e. The molecule has 0 saturated carbocycles. The van der Waals surface area contributed by atoms with Crippen LogP contribution in [0.3, 0.4) is 0 Å². The van der Waals surface area contributed by atoms with E-state index in [1.165, 1.54) is 25.1 Å². The summed E-state index contributed by atoms with van der Waals surface area (Å²) in [7, 11) is 0. The van der Waals surface area contributed by atoms with E-state index >= 15 is 0 Å². The molecule has 0 saturated heterocycles. The summed E-state index contributed by atoms with van der Waals surface area (Å²) >= 11 is 0. The zero-order valence-electron chi connectivity index (χ0n) is 13.0. The third-order valence-corrected chi connectivity index (χ3v) is 3.28. The summed E-state index contributed by atoms with van der Waals surface area (Å²) in [5, 5.41) is 20.4. The van der Waals surface area contributed by atoms with Gasteiger partial charge in [-0.3, -0.25) is 4.79 Å². The molecule has 0 radical (unpaired) electrons. The Morgan fingerprint density at radius 2 is 1.96 bits per heavy atom. The molecule has 0 unspecified atom stereocenters. The highest BCUT2D eigenvalue weighted by atomic mass is 16.5. The van der Waals surface area contributed by atoms with Crippen molar-refractivity contribution in [1.29, 1.82) is 5.26 Å². The number of amides is 1. The summed E-state index contributed by atoms with van der Waals surface area (Å²) in [6.07, 6.45) is -0.999. The SMILES string of the molecule is C[C@H](OC(=O)c1ccc(CO)cc1)C(=O)Nc1cccc(C#N)c1. The Hall–Kier alpha value is -3.17. The predicted molar refractivity (Wildman–Crippen MR) is 87.0 cm³/mol. The van der Waals surface area contributed by atoms with Crippen LogP contribution in [0.1, 0.15) is 28.4 Å². The van der Waals surface area contributed by atoms with Crippen LogP contribution >= 0.6 is 0 Å². The Bertz CT molecular complexity index is 778. The van der Waals surface area contributed by atoms with Crippen molar-refractivity contribution in [1.82, 2.24) is 0 Å². The van der Waals surface area contributed by atoms with Crippen LogP contribution < -0.4 is 5.32 Å². The second-order valence-electron chi connectivity index (χ2n) is 5.08. The maximum absolute atomic E-state index is 12.1. The minimum atomic E-state index is -0.999. The van der Waals surface area contributed by atoms with Crippen LogP contribution in [0.5, 0.6) is 0 Å². The summed E-state index contributed by atoms with van der Waals surface area (Å²) in [6.45, 7) is 1.35. The van der Waals surface area contributed by atoms with Crippen LogP contribution in [-0.4, -0.2) is 23.1 Å². The highest BCUT2D eigenvalue weighted by molar-refractivity contribution is 5.97. The number of carbonyl (C=O) groups is 2. The first-order chi connectivity index (χ1) is 11.5. The largest absolute Gasteiger partial charge is 0.449 e. The zero-order valence-corrected chi connectivity index (χ0v) is 13.0. The number of hydrogen-bond donors (Lipinski definition) is 2. The van der Waals surface area contributed by atoms with E-state index in [4.69, 9.17) is 15.1 Å². The summed E-state index contributed by atoms with van der Waals surface area (Å²) < 4.78 is 5.12. The lowest BCUT2D eigenvalue weighted by atomic mass is 10.1. The average molecular weight is 324 g/mol. The first-order valence-corrected chi connectivity index (χ1v) is 7.25. The third kappa shape index (κ3) is 4.41. The smallest absolute Gasteiger partial charge is 0.338 e. The molecule has 0 aliphatic heterocycles. The second-order valence-corrected chi connectivity index (χ2v) is 5.08. The number of ether oxygens (including phenoxy) is 1. The monoisotopic (exact) mass is 324 g/mol. The summed E-state index contributed by atoms with van der Waals surface area (Å²) in [5.41, 5.74) is 1.84. The van der Waals surface area contributed by atoms with Crippen molar-refractivity contribution in [2.24, 2.45) is 0 Å². The van der Waals surface area contributed by atoms with Gasteiger partial charge in [0.15, 0.2) is 6.10 Å². The topological polar surface area (TPSA) is 99.4 Å². The Morgan fingerprint density at radius 3 is 2.58 bits per heavy atom. The van der Waals surface area contributed by atoms with E-state index in [0.717, 1.165) is 0 Å². The standard InChI is InChI=1S/C18H16N2O4/c1-12(17(22)20-16-4-2-3-14(9-16)10-19)24-18(23)15-7-5-13(11-21)6-8-15/h2-9,12,21H,11H2,1H3,(H,20,22)/t12-/m0/s1. The molecule has 2 aromatic carbocycles. The van der Waals surface area contributed by atoms with Crippen molar-refractivity contribution < 1.29 is 19.4 Å². The van der Waals surface area contributed by atoms with Gasteiger partial charge < -0.3 is 15.2 Å². The molecule has 0 aliphatic carbocycles. The van der Waals surface area contributed by atoms with Crippen LogP contribution in [-0.2, 0) is 16.1 Å². The first-order valence-electron chi connectivity index (χ1n) is 7.25. The van der Waals surface area contributed by atoms with Gasteiger partial charge >= 0.3 is 5.97 Å². The molecule has 0 aromatic heterocycles. The second kappa shape index (κ2) is 7.90. The molecular formula is C18H16N2O4. The number of benzene rings is 2. The van der Waals surface area contributed by atoms with Gasteiger partial charge in [-0.2, -0.15) is 5.26 Å². The molecule has 6 nitrogen and oxygen atoms in total. The van der Waals surface area contributed by atoms with Crippen molar-refractivity contribution in [3.8, 4) is 6.07 Å². The van der Waals surface area contributed by atoms with Gasteiger partial charge in [-0.15, -0.1) is 0 Å². The van der Waals surface area contributed by atoms with E-state index in [0.29, 0.717) is 22.4 Å². The molecule has 2 aromatic rings. The number of nitrogens with one attached hydrogen (secondary N) is 1. The molecule has 0 fully saturated rings. The lowest BCUT2D eigenvalue weighted by molar-refractivity contribution is -0.123. The molecule has 0 heterocycles. The van der Waals surface area contributed by atoms with Crippen LogP contribution in [0.25, 0.3) is 0 Å². The molecule has 0 spiro atoms. The lowest BCUT2D eigenvalue weighted by Gasteiger charge is -2.13. The Morgan fingerprint density at radius 1 is 1.25 bits per heavy atom. The lowest BCUT2D eigenvalue weighted by Crippen LogP contribution is -2.30. The van der Waals surface area contributed by atoms with Crippen molar-refractivity contribution in [2.45, 2.75) is 19.6 Å². The molecule has 2 rings (SSSR count). The van der Waals surface area contributed by atoms with Gasteiger partial charge in [0.25, 0.3) is 5.91 Å². The van der Waals surface area contributed by atoms with Crippen molar-refractivity contribution in [3.05, 3.63) is 65.2 Å². The number of carbonyl (C=O) groups excluding carboxylic acids is 2. The summed E-state index contributed by atoms with van der Waals surface area (Å²) in [4.78, 5) is 24.1. The van der Waals surface area contributed by atoms with Gasteiger partial charge in [0, 0.05) is 5.69 Å².